The van der Waals surface area contributed by atoms with Crippen LogP contribution in [0.2, 0.25) is 0 Å². The molecule has 3 heterocycles. The van der Waals surface area contributed by atoms with Gasteiger partial charge >= 0.3 is 56.3 Å². The molecule has 0 bridgehead atoms. The maximum absolute atomic E-state index is 11.7. The van der Waals surface area contributed by atoms with Crippen LogP contribution in [-0.2, 0) is 48.7 Å². The van der Waals surface area contributed by atoms with E-state index in [-0.39, 0.29) is 59.6 Å². The second kappa shape index (κ2) is 32.2. The molecule has 0 radical (unpaired) electrons. The van der Waals surface area contributed by atoms with E-state index in [9.17, 15) is 28.8 Å². The Hall–Kier alpha value is -8.80. The molecule has 0 atom stereocenters. The van der Waals surface area contributed by atoms with Crippen molar-refractivity contribution in [2.75, 3.05) is 39.5 Å². The third kappa shape index (κ3) is 22.7. The molecule has 378 valence electrons. The number of benzene rings is 3. The standard InChI is InChI=1S/3C18H17N2O4.Ir/c3*1-13(2)17(21)23-11-10-20-18(22)24-15-7-5-6-14(12-15)16-8-3-4-9-19-16;/h3*3-5,7-9,12H,1,10-11H2,2H3,(H,20,22);/q3*-1;+3. The number of nitrogens with one attached hydrogen (secondary N) is 3. The minimum Gasteiger partial charge on any atom is -0.460 e. The van der Waals surface area contributed by atoms with Gasteiger partial charge in [0, 0.05) is 35.3 Å². The predicted molar refractivity (Wildman–Crippen MR) is 265 cm³/mol. The average molecular weight is 1170 g/mol. The first-order valence-electron chi connectivity index (χ1n) is 21.8. The second-order valence-electron chi connectivity index (χ2n) is 14.7. The summed E-state index contributed by atoms with van der Waals surface area (Å²) < 4.78 is 30.1. The van der Waals surface area contributed by atoms with Crippen LogP contribution in [0.3, 0.4) is 0 Å². The van der Waals surface area contributed by atoms with Crippen molar-refractivity contribution in [3.63, 3.8) is 0 Å². The molecule has 19 heteroatoms. The molecule has 6 aromatic rings. The van der Waals surface area contributed by atoms with E-state index in [4.69, 9.17) is 28.4 Å². The van der Waals surface area contributed by atoms with Gasteiger partial charge in [-0.25, -0.2) is 28.8 Å². The number of carbonyl (C=O) groups is 6. The van der Waals surface area contributed by atoms with Gasteiger partial charge in [-0.05, 0) is 56.1 Å². The van der Waals surface area contributed by atoms with E-state index in [0.29, 0.717) is 34.0 Å². The van der Waals surface area contributed by atoms with E-state index in [1.807, 2.05) is 54.6 Å². The summed E-state index contributed by atoms with van der Waals surface area (Å²) in [5.74, 6) is -0.390. The van der Waals surface area contributed by atoms with Gasteiger partial charge < -0.3 is 59.3 Å². The van der Waals surface area contributed by atoms with Gasteiger partial charge in [-0.3, -0.25) is 0 Å². The molecule has 3 aromatic heterocycles. The molecular formula is C54H51IrN6O12. The summed E-state index contributed by atoms with van der Waals surface area (Å²) in [7, 11) is 0. The van der Waals surface area contributed by atoms with E-state index < -0.39 is 36.2 Å². The molecule has 0 aliphatic carbocycles. The van der Waals surface area contributed by atoms with Crippen molar-refractivity contribution >= 4 is 36.2 Å². The molecule has 3 N–H and O–H groups in total. The van der Waals surface area contributed by atoms with Gasteiger partial charge in [0.15, 0.2) is 0 Å². The van der Waals surface area contributed by atoms with Crippen LogP contribution >= 0.6 is 0 Å². The summed E-state index contributed by atoms with van der Waals surface area (Å²) >= 11 is 0. The average Bonchev–Trinajstić information content (AvgIpc) is 3.39. The zero-order valence-corrected chi connectivity index (χ0v) is 42.5. The smallest absolute Gasteiger partial charge is 0.460 e. The summed E-state index contributed by atoms with van der Waals surface area (Å²) in [5.41, 5.74) is 5.27. The summed E-state index contributed by atoms with van der Waals surface area (Å²) in [6, 6.07) is 40.5. The van der Waals surface area contributed by atoms with E-state index >= 15 is 0 Å². The molecule has 0 unspecified atom stereocenters. The summed E-state index contributed by atoms with van der Waals surface area (Å²) in [5, 5.41) is 7.47. The quantitative estimate of drug-likeness (QED) is 0.0242. The molecule has 0 aliphatic rings. The van der Waals surface area contributed by atoms with E-state index in [0.717, 1.165) is 33.8 Å². The van der Waals surface area contributed by atoms with Crippen LogP contribution in [-0.4, -0.2) is 90.6 Å². The summed E-state index contributed by atoms with van der Waals surface area (Å²) in [6.07, 6.45) is 3.11. The number of hydrogen-bond acceptors (Lipinski definition) is 15. The van der Waals surface area contributed by atoms with Gasteiger partial charge in [0.25, 0.3) is 0 Å². The molecule has 0 saturated carbocycles. The number of hydrogen-bond donors (Lipinski definition) is 3. The van der Waals surface area contributed by atoms with Crippen molar-refractivity contribution in [3.8, 4) is 51.0 Å². The summed E-state index contributed by atoms with van der Waals surface area (Å²) in [6.45, 7) is 15.6. The first kappa shape index (κ1) is 58.5. The Morgan fingerprint density at radius 2 is 0.726 bits per heavy atom. The molecule has 3 aromatic carbocycles. The number of carbonyl (C=O) groups excluding carboxylic acids is 6. The first-order chi connectivity index (χ1) is 34.7. The minimum atomic E-state index is -0.639. The zero-order chi connectivity index (χ0) is 52.1. The molecule has 6 rings (SSSR count). The number of esters is 3. The second-order valence-corrected chi connectivity index (χ2v) is 14.7. The normalized spacial score (nSPS) is 9.74. The van der Waals surface area contributed by atoms with E-state index in [2.05, 4.69) is 68.8 Å². The van der Waals surface area contributed by atoms with E-state index in [1.54, 1.807) is 94.0 Å². The Kier molecular flexibility index (Phi) is 25.8. The van der Waals surface area contributed by atoms with Crippen molar-refractivity contribution in [2.45, 2.75) is 20.8 Å². The summed E-state index contributed by atoms with van der Waals surface area (Å²) in [4.78, 5) is 81.3. The molecule has 0 fully saturated rings. The van der Waals surface area contributed by atoms with Crippen LogP contribution in [0, 0.1) is 18.2 Å². The van der Waals surface area contributed by atoms with Crippen molar-refractivity contribution in [1.82, 2.24) is 30.9 Å². The maximum atomic E-state index is 11.7. The van der Waals surface area contributed by atoms with Gasteiger partial charge in [0.05, 0.1) is 36.9 Å². The fraction of sp³-hybridized carbons (Fsp3) is 0.167. The fourth-order valence-electron chi connectivity index (χ4n) is 5.23. The molecule has 3 amide bonds. The van der Waals surface area contributed by atoms with Crippen LogP contribution < -0.4 is 30.2 Å². The van der Waals surface area contributed by atoms with Crippen molar-refractivity contribution in [3.05, 3.63) is 182 Å². The van der Waals surface area contributed by atoms with Gasteiger partial charge in [-0.15, -0.1) is 89.5 Å². The van der Waals surface area contributed by atoms with Gasteiger partial charge in [0.1, 0.15) is 19.8 Å². The Labute approximate surface area is 436 Å². The topological polar surface area (TPSA) is 233 Å². The number of amides is 3. The van der Waals surface area contributed by atoms with E-state index in [1.165, 1.54) is 0 Å². The Bertz CT molecular complexity index is 2500. The van der Waals surface area contributed by atoms with Crippen LogP contribution in [0.1, 0.15) is 20.8 Å². The van der Waals surface area contributed by atoms with Crippen LogP contribution in [0.4, 0.5) is 14.4 Å². The molecule has 0 spiro atoms. The van der Waals surface area contributed by atoms with Gasteiger partial charge in [-0.1, -0.05) is 56.1 Å². The Balaban J connectivity index is 0.000000287. The molecule has 73 heavy (non-hydrogen) atoms. The molecule has 18 nitrogen and oxygen atoms in total. The number of nitrogens with zero attached hydrogens (tertiary/aromatic N) is 3. The monoisotopic (exact) mass is 1170 g/mol. The predicted octanol–water partition coefficient (Wildman–Crippen LogP) is 8.27. The molecular weight excluding hydrogens is 1120 g/mol. The van der Waals surface area contributed by atoms with Crippen molar-refractivity contribution in [2.24, 2.45) is 0 Å². The zero-order valence-electron chi connectivity index (χ0n) is 40.1. The van der Waals surface area contributed by atoms with Gasteiger partial charge in [-0.2, -0.15) is 0 Å². The maximum Gasteiger partial charge on any atom is 3.00 e. The number of ether oxygens (including phenoxy) is 6. The Morgan fingerprint density at radius 1 is 0.452 bits per heavy atom. The van der Waals surface area contributed by atoms with Gasteiger partial charge in [0.2, 0.25) is 0 Å². The third-order valence-electron chi connectivity index (χ3n) is 8.63. The van der Waals surface area contributed by atoms with Crippen molar-refractivity contribution in [1.29, 1.82) is 0 Å². The number of pyridine rings is 3. The SMILES string of the molecule is C=C(C)C(=O)OCCNC(=O)Oc1cc[c-]c(-c2ccccn2)c1.C=C(C)C(=O)OCCNC(=O)Oc1cc[c-]c(-c2ccccn2)c1.C=C(C)C(=O)OCCNC(=O)Oc1cc[c-]c(-c2ccccn2)c1.[Ir+3]. The number of rotatable bonds is 18. The van der Waals surface area contributed by atoms with Crippen LogP contribution in [0.25, 0.3) is 33.8 Å². The van der Waals surface area contributed by atoms with Crippen LogP contribution in [0.15, 0.2) is 164 Å². The van der Waals surface area contributed by atoms with Crippen LogP contribution in [0.5, 0.6) is 17.2 Å². The molecule has 0 saturated heterocycles. The Morgan fingerprint density at radius 3 is 0.959 bits per heavy atom. The number of aromatic nitrogens is 3. The minimum absolute atomic E-state index is 0. The third-order valence-corrected chi connectivity index (χ3v) is 8.63. The largest absolute Gasteiger partial charge is 3.00 e. The van der Waals surface area contributed by atoms with Crippen molar-refractivity contribution < 1.29 is 77.3 Å². The fourth-order valence-corrected chi connectivity index (χ4v) is 5.23. The molecule has 0 aliphatic heterocycles. The first-order valence-corrected chi connectivity index (χ1v) is 21.8.